The van der Waals surface area contributed by atoms with Crippen LogP contribution in [0.3, 0.4) is 0 Å². The minimum atomic E-state index is -1.98. The molecule has 488 valence electrons. The summed E-state index contributed by atoms with van der Waals surface area (Å²) in [5.74, 6) is -0.286. The van der Waals surface area contributed by atoms with E-state index in [-0.39, 0.29) is 18.9 Å². The third kappa shape index (κ3) is 30.4. The molecule has 17 unspecified atom stereocenters. The molecule has 0 aromatic carbocycles. The van der Waals surface area contributed by atoms with Crippen molar-refractivity contribution in [3.8, 4) is 0 Å². The second-order valence-electron chi connectivity index (χ2n) is 23.9. The Morgan fingerprint density at radius 3 is 1.20 bits per heavy atom. The minimum absolute atomic E-state index is 0.238. The Kier molecular flexibility index (Phi) is 43.0. The van der Waals surface area contributed by atoms with E-state index < -0.39 is 124 Å². The first-order chi connectivity index (χ1) is 40.3. The average molecular weight is 1190 g/mol. The fourth-order valence-electron chi connectivity index (χ4n) is 11.3. The standard InChI is InChI=1S/C64H119NO18/c1-3-5-7-9-11-13-15-16-17-18-19-20-21-22-23-24-25-26-27-28-29-30-31-32-33-35-37-39-41-48(69)47(65-52(70)42-40-38-36-34-14-12-10-8-6-4-2)46-78-62-58(76)55(73)60(50(44-67)80-62)83-64-59(77)56(74)61(51(45-68)81-64)82-63-57(75)54(72)53(71)49(43-66)79-63/h32-33,39,41,47-51,53-64,66-69,71-77H,3-31,34-38,40,42-46H2,1-2H3,(H,65,70)/b33-32+,41-39+. The zero-order chi connectivity index (χ0) is 60.5. The van der Waals surface area contributed by atoms with Crippen molar-refractivity contribution in [2.45, 2.75) is 349 Å². The smallest absolute Gasteiger partial charge is 0.220 e. The molecule has 1 amide bonds. The lowest BCUT2D eigenvalue weighted by atomic mass is 9.96. The first-order valence-corrected chi connectivity index (χ1v) is 33.1. The molecule has 3 fully saturated rings. The summed E-state index contributed by atoms with van der Waals surface area (Å²) >= 11 is 0. The predicted octanol–water partition coefficient (Wildman–Crippen LogP) is 7.49. The maximum atomic E-state index is 13.3. The van der Waals surface area contributed by atoms with Crippen LogP contribution in [0.4, 0.5) is 0 Å². The van der Waals surface area contributed by atoms with Crippen LogP contribution >= 0.6 is 0 Å². The maximum absolute atomic E-state index is 13.3. The number of allylic oxidation sites excluding steroid dienone is 3. The number of hydrogen-bond acceptors (Lipinski definition) is 18. The van der Waals surface area contributed by atoms with Gasteiger partial charge in [0.2, 0.25) is 5.91 Å². The molecule has 19 nitrogen and oxygen atoms in total. The number of unbranched alkanes of at least 4 members (excludes halogenated alkanes) is 32. The number of carbonyl (C=O) groups is 1. The first kappa shape index (κ1) is 75.5. The highest BCUT2D eigenvalue weighted by molar-refractivity contribution is 5.76. The van der Waals surface area contributed by atoms with Crippen molar-refractivity contribution in [3.63, 3.8) is 0 Å². The monoisotopic (exact) mass is 1190 g/mol. The summed E-state index contributed by atoms with van der Waals surface area (Å²) in [5.41, 5.74) is 0. The SMILES string of the molecule is CCCCCCCCCCCCCCCCCCCCCCCC/C=C/CC/C=C/C(O)C(COC1OC(CO)C(OC2OC(CO)C(OC3OC(CO)C(O)C(O)C3O)C(O)C2O)C(O)C1O)NC(=O)CCCCCCCCCCCC. The van der Waals surface area contributed by atoms with Crippen LogP contribution in [0.15, 0.2) is 24.3 Å². The molecule has 19 heteroatoms. The molecule has 12 N–H and O–H groups in total. The first-order valence-electron chi connectivity index (χ1n) is 33.1. The molecule has 0 radical (unpaired) electrons. The van der Waals surface area contributed by atoms with Gasteiger partial charge in [0, 0.05) is 6.42 Å². The van der Waals surface area contributed by atoms with E-state index in [1.54, 1.807) is 6.08 Å². The number of amides is 1. The molecular formula is C64H119NO18. The van der Waals surface area contributed by atoms with Gasteiger partial charge >= 0.3 is 0 Å². The Morgan fingerprint density at radius 2 is 0.771 bits per heavy atom. The number of aliphatic hydroxyl groups excluding tert-OH is 11. The number of rotatable bonds is 50. The van der Waals surface area contributed by atoms with Gasteiger partial charge in [0.25, 0.3) is 0 Å². The normalized spacial score (nSPS) is 29.5. The number of aliphatic hydroxyl groups is 11. The zero-order valence-electron chi connectivity index (χ0n) is 51.2. The number of ether oxygens (including phenoxy) is 6. The van der Waals surface area contributed by atoms with Crippen LogP contribution in [0.5, 0.6) is 0 Å². The fraction of sp³-hybridized carbons (Fsp3) is 0.922. The van der Waals surface area contributed by atoms with E-state index in [9.17, 15) is 61.0 Å². The topological polar surface area (TPSA) is 307 Å². The molecule has 0 saturated carbocycles. The quantitative estimate of drug-likeness (QED) is 0.0207. The highest BCUT2D eigenvalue weighted by Gasteiger charge is 2.53. The van der Waals surface area contributed by atoms with E-state index in [4.69, 9.17) is 28.4 Å². The highest BCUT2D eigenvalue weighted by atomic mass is 16.8. The van der Waals surface area contributed by atoms with Gasteiger partial charge in [-0.2, -0.15) is 0 Å². The third-order valence-electron chi connectivity index (χ3n) is 16.8. The summed E-state index contributed by atoms with van der Waals surface area (Å²) in [5, 5.41) is 120. The van der Waals surface area contributed by atoms with E-state index in [0.717, 1.165) is 38.5 Å². The Balaban J connectivity index is 1.41. The van der Waals surface area contributed by atoms with Crippen LogP contribution in [0, 0.1) is 0 Å². The van der Waals surface area contributed by atoms with Gasteiger partial charge in [-0.05, 0) is 32.1 Å². The second kappa shape index (κ2) is 47.3. The summed E-state index contributed by atoms with van der Waals surface area (Å²) in [4.78, 5) is 13.3. The van der Waals surface area contributed by atoms with Crippen LogP contribution in [0.1, 0.15) is 245 Å². The van der Waals surface area contributed by atoms with Gasteiger partial charge in [0.05, 0.1) is 38.6 Å². The molecule has 3 heterocycles. The molecule has 3 saturated heterocycles. The largest absolute Gasteiger partial charge is 0.394 e. The number of carbonyl (C=O) groups excluding carboxylic acids is 1. The highest BCUT2D eigenvalue weighted by Crippen LogP contribution is 2.33. The Morgan fingerprint density at radius 1 is 0.422 bits per heavy atom. The van der Waals surface area contributed by atoms with Crippen molar-refractivity contribution in [2.75, 3.05) is 26.4 Å². The molecule has 0 aromatic heterocycles. The van der Waals surface area contributed by atoms with E-state index in [1.165, 1.54) is 173 Å². The van der Waals surface area contributed by atoms with Gasteiger partial charge in [-0.3, -0.25) is 4.79 Å². The molecule has 0 spiro atoms. The molecule has 0 aliphatic carbocycles. The van der Waals surface area contributed by atoms with Gasteiger partial charge in [-0.15, -0.1) is 0 Å². The van der Waals surface area contributed by atoms with Crippen molar-refractivity contribution < 1.29 is 89.4 Å². The van der Waals surface area contributed by atoms with Gasteiger partial charge in [-0.25, -0.2) is 0 Å². The van der Waals surface area contributed by atoms with E-state index in [1.807, 2.05) is 6.08 Å². The van der Waals surface area contributed by atoms with Crippen LogP contribution in [-0.2, 0) is 33.2 Å². The van der Waals surface area contributed by atoms with Gasteiger partial charge in [0.1, 0.15) is 73.2 Å². The van der Waals surface area contributed by atoms with Gasteiger partial charge < -0.3 is 89.9 Å². The summed E-state index contributed by atoms with van der Waals surface area (Å²) in [6.45, 7) is 1.70. The minimum Gasteiger partial charge on any atom is -0.394 e. The van der Waals surface area contributed by atoms with Crippen LogP contribution in [-0.4, -0.2) is 193 Å². The molecule has 83 heavy (non-hydrogen) atoms. The van der Waals surface area contributed by atoms with E-state index in [2.05, 4.69) is 31.3 Å². The Hall–Kier alpha value is -1.73. The van der Waals surface area contributed by atoms with Crippen molar-refractivity contribution in [3.05, 3.63) is 24.3 Å². The van der Waals surface area contributed by atoms with Gasteiger partial charge in [0.15, 0.2) is 18.9 Å². The summed E-state index contributed by atoms with van der Waals surface area (Å²) < 4.78 is 34.2. The molecule has 0 aromatic rings. The fourth-order valence-corrected chi connectivity index (χ4v) is 11.3. The zero-order valence-corrected chi connectivity index (χ0v) is 51.2. The summed E-state index contributed by atoms with van der Waals surface area (Å²) in [6.07, 6.45) is 24.8. The Labute approximate surface area is 498 Å². The van der Waals surface area contributed by atoms with Crippen molar-refractivity contribution >= 4 is 5.91 Å². The third-order valence-corrected chi connectivity index (χ3v) is 16.8. The summed E-state index contributed by atoms with van der Waals surface area (Å²) in [7, 11) is 0. The van der Waals surface area contributed by atoms with Crippen LogP contribution < -0.4 is 5.32 Å². The number of nitrogens with one attached hydrogen (secondary N) is 1. The summed E-state index contributed by atoms with van der Waals surface area (Å²) in [6, 6.07) is -0.985. The lowest BCUT2D eigenvalue weighted by Gasteiger charge is -2.48. The van der Waals surface area contributed by atoms with Gasteiger partial charge in [-0.1, -0.05) is 231 Å². The average Bonchev–Trinajstić information content (AvgIpc) is 3.60. The lowest BCUT2D eigenvalue weighted by molar-refractivity contribution is -0.379. The molecule has 3 aliphatic heterocycles. The van der Waals surface area contributed by atoms with E-state index >= 15 is 0 Å². The van der Waals surface area contributed by atoms with E-state index in [0.29, 0.717) is 12.8 Å². The van der Waals surface area contributed by atoms with Crippen molar-refractivity contribution in [1.29, 1.82) is 0 Å². The molecule has 0 bridgehead atoms. The van der Waals surface area contributed by atoms with Crippen LogP contribution in [0.2, 0.25) is 0 Å². The Bertz CT molecular complexity index is 1610. The van der Waals surface area contributed by atoms with Crippen molar-refractivity contribution in [1.82, 2.24) is 5.32 Å². The molecule has 3 aliphatic rings. The number of hydrogen-bond donors (Lipinski definition) is 12. The second-order valence-corrected chi connectivity index (χ2v) is 23.9. The maximum Gasteiger partial charge on any atom is 0.220 e. The van der Waals surface area contributed by atoms with Crippen molar-refractivity contribution in [2.24, 2.45) is 0 Å². The molecule has 3 rings (SSSR count). The lowest BCUT2D eigenvalue weighted by Crippen LogP contribution is -2.66. The van der Waals surface area contributed by atoms with Crippen LogP contribution in [0.25, 0.3) is 0 Å². The molecular weight excluding hydrogens is 1070 g/mol. The predicted molar refractivity (Wildman–Crippen MR) is 319 cm³/mol. The molecule has 17 atom stereocenters.